The lowest BCUT2D eigenvalue weighted by molar-refractivity contribution is -0.128. The summed E-state index contributed by atoms with van der Waals surface area (Å²) in [6, 6.07) is 7.76. The Morgan fingerprint density at radius 3 is 2.75 bits per heavy atom. The Hall–Kier alpha value is -1.03. The van der Waals surface area contributed by atoms with Gasteiger partial charge in [0.25, 0.3) is 0 Å². The summed E-state index contributed by atoms with van der Waals surface area (Å²) >= 11 is 3.42. The van der Waals surface area contributed by atoms with Gasteiger partial charge in [0, 0.05) is 17.4 Å². The average molecular weight is 340 g/mol. The van der Waals surface area contributed by atoms with E-state index in [1.165, 1.54) is 0 Å². The van der Waals surface area contributed by atoms with E-state index >= 15 is 0 Å². The van der Waals surface area contributed by atoms with Gasteiger partial charge >= 0.3 is 0 Å². The van der Waals surface area contributed by atoms with Gasteiger partial charge in [-0.2, -0.15) is 0 Å². The predicted molar refractivity (Wildman–Crippen MR) is 83.8 cm³/mol. The van der Waals surface area contributed by atoms with E-state index in [-0.39, 0.29) is 11.3 Å². The Balaban J connectivity index is 1.82. The molecule has 0 N–H and O–H groups in total. The van der Waals surface area contributed by atoms with E-state index in [0.717, 1.165) is 16.8 Å². The molecule has 2 rings (SSSR count). The van der Waals surface area contributed by atoms with Gasteiger partial charge < -0.3 is 9.64 Å². The quantitative estimate of drug-likeness (QED) is 0.836. The van der Waals surface area contributed by atoms with Gasteiger partial charge in [-0.1, -0.05) is 42.8 Å². The molecule has 0 aliphatic carbocycles. The SMILES string of the molecule is CC(C)(C)C1CC(=O)N(CCOc2cccc(Br)c2)C1. The van der Waals surface area contributed by atoms with Crippen LogP contribution in [0.15, 0.2) is 28.7 Å². The Labute approximate surface area is 129 Å². The lowest BCUT2D eigenvalue weighted by Crippen LogP contribution is -2.31. The van der Waals surface area contributed by atoms with Crippen LogP contribution in [0.2, 0.25) is 0 Å². The maximum Gasteiger partial charge on any atom is 0.223 e. The molecule has 0 radical (unpaired) electrons. The third kappa shape index (κ3) is 3.98. The molecule has 1 aromatic rings. The highest BCUT2D eigenvalue weighted by Gasteiger charge is 2.36. The van der Waals surface area contributed by atoms with Crippen LogP contribution >= 0.6 is 15.9 Å². The molecule has 0 aromatic heterocycles. The molecule has 4 heteroatoms. The van der Waals surface area contributed by atoms with Crippen LogP contribution in [0.4, 0.5) is 0 Å². The molecule has 1 aliphatic heterocycles. The summed E-state index contributed by atoms with van der Waals surface area (Å²) in [6.07, 6.45) is 0.667. The van der Waals surface area contributed by atoms with Gasteiger partial charge in [0.1, 0.15) is 12.4 Å². The number of rotatable bonds is 4. The molecule has 1 heterocycles. The van der Waals surface area contributed by atoms with E-state index in [1.807, 2.05) is 29.2 Å². The number of ether oxygens (including phenoxy) is 1. The van der Waals surface area contributed by atoms with E-state index in [1.54, 1.807) is 0 Å². The van der Waals surface area contributed by atoms with Crippen molar-refractivity contribution < 1.29 is 9.53 Å². The standard InChI is InChI=1S/C16H22BrNO2/c1-16(2,3)12-9-15(19)18(11-12)7-8-20-14-6-4-5-13(17)10-14/h4-6,10,12H,7-9,11H2,1-3H3. The van der Waals surface area contributed by atoms with Crippen molar-refractivity contribution in [3.63, 3.8) is 0 Å². The molecule has 1 saturated heterocycles. The van der Waals surface area contributed by atoms with Gasteiger partial charge in [-0.15, -0.1) is 0 Å². The molecule has 1 atom stereocenters. The zero-order valence-electron chi connectivity index (χ0n) is 12.4. The van der Waals surface area contributed by atoms with Crippen molar-refractivity contribution in [2.45, 2.75) is 27.2 Å². The van der Waals surface area contributed by atoms with Gasteiger partial charge in [0.05, 0.1) is 6.54 Å². The molecule has 20 heavy (non-hydrogen) atoms. The average Bonchev–Trinajstić information content (AvgIpc) is 2.71. The van der Waals surface area contributed by atoms with Gasteiger partial charge in [-0.05, 0) is 29.5 Å². The minimum atomic E-state index is 0.190. The van der Waals surface area contributed by atoms with Crippen LogP contribution < -0.4 is 4.74 Å². The third-order valence-corrected chi connectivity index (χ3v) is 4.36. The van der Waals surface area contributed by atoms with Gasteiger partial charge in [0.15, 0.2) is 0 Å². The largest absolute Gasteiger partial charge is 0.492 e. The summed E-state index contributed by atoms with van der Waals surface area (Å²) in [5, 5.41) is 0. The van der Waals surface area contributed by atoms with Crippen molar-refractivity contribution in [2.75, 3.05) is 19.7 Å². The fourth-order valence-electron chi connectivity index (χ4n) is 2.40. The molecule has 1 aromatic carbocycles. The minimum Gasteiger partial charge on any atom is -0.492 e. The first-order valence-electron chi connectivity index (χ1n) is 7.02. The molecule has 3 nitrogen and oxygen atoms in total. The summed E-state index contributed by atoms with van der Waals surface area (Å²) in [5.74, 6) is 1.53. The third-order valence-electron chi connectivity index (χ3n) is 3.87. The Bertz CT molecular complexity index is 482. The van der Waals surface area contributed by atoms with Crippen LogP contribution in [0.1, 0.15) is 27.2 Å². The number of benzene rings is 1. The van der Waals surface area contributed by atoms with E-state index < -0.39 is 0 Å². The number of hydrogen-bond acceptors (Lipinski definition) is 2. The molecule has 0 saturated carbocycles. The second-order valence-electron chi connectivity index (χ2n) is 6.41. The molecule has 1 unspecified atom stereocenters. The number of nitrogens with zero attached hydrogens (tertiary/aromatic N) is 1. The van der Waals surface area contributed by atoms with Gasteiger partial charge in [0.2, 0.25) is 5.91 Å². The van der Waals surface area contributed by atoms with Crippen LogP contribution in [0.5, 0.6) is 5.75 Å². The zero-order chi connectivity index (χ0) is 14.8. The topological polar surface area (TPSA) is 29.5 Å². The minimum absolute atomic E-state index is 0.190. The van der Waals surface area contributed by atoms with E-state index in [2.05, 4.69) is 36.7 Å². The summed E-state index contributed by atoms with van der Waals surface area (Å²) in [6.45, 7) is 8.66. The number of carbonyl (C=O) groups is 1. The fourth-order valence-corrected chi connectivity index (χ4v) is 2.78. The lowest BCUT2D eigenvalue weighted by atomic mass is 9.80. The van der Waals surface area contributed by atoms with Crippen LogP contribution in [-0.2, 0) is 4.79 Å². The maximum atomic E-state index is 12.0. The van der Waals surface area contributed by atoms with Crippen molar-refractivity contribution in [1.82, 2.24) is 4.90 Å². The number of likely N-dealkylation sites (tertiary alicyclic amines) is 1. The van der Waals surface area contributed by atoms with Crippen molar-refractivity contribution >= 4 is 21.8 Å². The Kier molecular flexibility index (Phi) is 4.74. The summed E-state index contributed by atoms with van der Waals surface area (Å²) in [7, 11) is 0. The molecular formula is C16H22BrNO2. The van der Waals surface area contributed by atoms with Crippen molar-refractivity contribution in [1.29, 1.82) is 0 Å². The zero-order valence-corrected chi connectivity index (χ0v) is 13.9. The number of amides is 1. The van der Waals surface area contributed by atoms with E-state index in [0.29, 0.717) is 25.5 Å². The van der Waals surface area contributed by atoms with Crippen molar-refractivity contribution in [3.8, 4) is 5.75 Å². The van der Waals surface area contributed by atoms with Crippen molar-refractivity contribution in [3.05, 3.63) is 28.7 Å². The van der Waals surface area contributed by atoms with Crippen LogP contribution in [0, 0.1) is 11.3 Å². The van der Waals surface area contributed by atoms with Crippen LogP contribution in [0.25, 0.3) is 0 Å². The van der Waals surface area contributed by atoms with E-state index in [4.69, 9.17) is 4.74 Å². The number of halogens is 1. The smallest absolute Gasteiger partial charge is 0.223 e. The van der Waals surface area contributed by atoms with E-state index in [9.17, 15) is 4.79 Å². The van der Waals surface area contributed by atoms with Crippen molar-refractivity contribution in [2.24, 2.45) is 11.3 Å². The second-order valence-corrected chi connectivity index (χ2v) is 7.33. The summed E-state index contributed by atoms with van der Waals surface area (Å²) < 4.78 is 6.69. The molecular weight excluding hydrogens is 318 g/mol. The fraction of sp³-hybridized carbons (Fsp3) is 0.562. The molecule has 1 aliphatic rings. The second kappa shape index (κ2) is 6.17. The molecule has 110 valence electrons. The van der Waals surface area contributed by atoms with Crippen LogP contribution in [-0.4, -0.2) is 30.5 Å². The van der Waals surface area contributed by atoms with Gasteiger partial charge in [-0.25, -0.2) is 0 Å². The Morgan fingerprint density at radius 2 is 2.15 bits per heavy atom. The molecule has 0 spiro atoms. The Morgan fingerprint density at radius 1 is 1.40 bits per heavy atom. The molecule has 1 amide bonds. The number of carbonyl (C=O) groups excluding carboxylic acids is 1. The van der Waals surface area contributed by atoms with Crippen LogP contribution in [0.3, 0.4) is 0 Å². The first-order chi connectivity index (χ1) is 9.36. The summed E-state index contributed by atoms with van der Waals surface area (Å²) in [4.78, 5) is 13.9. The highest BCUT2D eigenvalue weighted by Crippen LogP contribution is 2.34. The molecule has 0 bridgehead atoms. The molecule has 1 fully saturated rings. The first-order valence-corrected chi connectivity index (χ1v) is 7.82. The predicted octanol–water partition coefficient (Wildman–Crippen LogP) is 3.72. The highest BCUT2D eigenvalue weighted by molar-refractivity contribution is 9.10. The first kappa shape index (κ1) is 15.4. The van der Waals surface area contributed by atoms with Gasteiger partial charge in [-0.3, -0.25) is 4.79 Å². The lowest BCUT2D eigenvalue weighted by Gasteiger charge is -2.26. The number of hydrogen-bond donors (Lipinski definition) is 0. The normalized spacial score (nSPS) is 19.5. The monoisotopic (exact) mass is 339 g/mol. The maximum absolute atomic E-state index is 12.0. The summed E-state index contributed by atoms with van der Waals surface area (Å²) in [5.41, 5.74) is 0.190. The highest BCUT2D eigenvalue weighted by atomic mass is 79.9.